The predicted octanol–water partition coefficient (Wildman–Crippen LogP) is -0.729. The van der Waals surface area contributed by atoms with Crippen LogP contribution in [0.15, 0.2) is 0 Å². The molecule has 0 saturated carbocycles. The van der Waals surface area contributed by atoms with Gasteiger partial charge in [0.25, 0.3) is 0 Å². The third-order valence-corrected chi connectivity index (χ3v) is 2.26. The minimum Gasteiger partial charge on any atom is -0.387 e. The van der Waals surface area contributed by atoms with Crippen LogP contribution in [0.5, 0.6) is 0 Å². The van der Waals surface area contributed by atoms with Gasteiger partial charge < -0.3 is 20.6 Å². The van der Waals surface area contributed by atoms with Gasteiger partial charge in [0.05, 0.1) is 5.60 Å². The van der Waals surface area contributed by atoms with Gasteiger partial charge in [0, 0.05) is 25.6 Å². The third-order valence-electron chi connectivity index (χ3n) is 2.26. The summed E-state index contributed by atoms with van der Waals surface area (Å²) in [5.41, 5.74) is -0.890. The van der Waals surface area contributed by atoms with Gasteiger partial charge >= 0.3 is 0 Å². The maximum absolute atomic E-state index is 11.6. The summed E-state index contributed by atoms with van der Waals surface area (Å²) in [4.78, 5) is 13.5. The van der Waals surface area contributed by atoms with Crippen molar-refractivity contribution in [3.63, 3.8) is 0 Å². The lowest BCUT2D eigenvalue weighted by molar-refractivity contribution is -0.125. The molecule has 0 fully saturated rings. The first-order valence-electron chi connectivity index (χ1n) is 5.58. The van der Waals surface area contributed by atoms with Crippen LogP contribution in [0.25, 0.3) is 0 Å². The topological polar surface area (TPSA) is 64.6 Å². The van der Waals surface area contributed by atoms with Gasteiger partial charge in [-0.15, -0.1) is 0 Å². The van der Waals surface area contributed by atoms with E-state index in [-0.39, 0.29) is 18.4 Å². The molecular formula is C11H25N3O2. The highest BCUT2D eigenvalue weighted by Gasteiger charge is 2.23. The van der Waals surface area contributed by atoms with E-state index in [2.05, 4.69) is 10.6 Å². The number of hydrogen-bond donors (Lipinski definition) is 3. The molecule has 16 heavy (non-hydrogen) atoms. The number of carbonyl (C=O) groups is 1. The minimum absolute atomic E-state index is 0.0339. The van der Waals surface area contributed by atoms with Crippen molar-refractivity contribution in [1.82, 2.24) is 15.5 Å². The Morgan fingerprint density at radius 2 is 2.06 bits per heavy atom. The van der Waals surface area contributed by atoms with Crippen molar-refractivity contribution in [2.24, 2.45) is 5.92 Å². The van der Waals surface area contributed by atoms with Crippen LogP contribution in [0, 0.1) is 5.92 Å². The van der Waals surface area contributed by atoms with E-state index in [1.54, 1.807) is 6.92 Å². The first kappa shape index (κ1) is 15.3. The molecule has 0 aliphatic heterocycles. The van der Waals surface area contributed by atoms with Gasteiger partial charge in [0.15, 0.2) is 0 Å². The monoisotopic (exact) mass is 231 g/mol. The van der Waals surface area contributed by atoms with Crippen molar-refractivity contribution in [3.8, 4) is 0 Å². The summed E-state index contributed by atoms with van der Waals surface area (Å²) in [6, 6.07) is 0. The number of aliphatic hydroxyl groups is 1. The van der Waals surface area contributed by atoms with E-state index >= 15 is 0 Å². The summed E-state index contributed by atoms with van der Waals surface area (Å²) < 4.78 is 0. The molecule has 2 unspecified atom stereocenters. The molecule has 1 amide bonds. The number of rotatable bonds is 7. The zero-order valence-electron chi connectivity index (χ0n) is 11.0. The lowest BCUT2D eigenvalue weighted by Gasteiger charge is -2.27. The highest BCUT2D eigenvalue weighted by molar-refractivity contribution is 5.78. The van der Waals surface area contributed by atoms with Crippen LogP contribution >= 0.6 is 0 Å². The van der Waals surface area contributed by atoms with Crippen molar-refractivity contribution >= 4 is 5.91 Å². The summed E-state index contributed by atoms with van der Waals surface area (Å²) in [5.74, 6) is -0.117. The fourth-order valence-corrected chi connectivity index (χ4v) is 1.59. The Labute approximate surface area is 98.2 Å². The minimum atomic E-state index is -0.890. The lowest BCUT2D eigenvalue weighted by Crippen LogP contribution is -2.48. The number of carbonyl (C=O) groups excluding carboxylic acids is 1. The maximum Gasteiger partial charge on any atom is 0.224 e. The average molecular weight is 231 g/mol. The lowest BCUT2D eigenvalue weighted by atomic mass is 10.1. The molecule has 5 heteroatoms. The largest absolute Gasteiger partial charge is 0.387 e. The standard InChI is InChI=1S/C11H25N3O2/c1-9(6-12-3)10(15)13-7-11(2,16)8-14(4)5/h9,12,16H,6-8H2,1-5H3,(H,13,15). The van der Waals surface area contributed by atoms with Gasteiger partial charge in [0.2, 0.25) is 5.91 Å². The molecule has 0 bridgehead atoms. The molecule has 0 saturated heterocycles. The molecule has 0 aromatic heterocycles. The summed E-state index contributed by atoms with van der Waals surface area (Å²) in [6.07, 6.45) is 0. The van der Waals surface area contributed by atoms with Gasteiger partial charge in [-0.05, 0) is 28.1 Å². The molecule has 3 N–H and O–H groups in total. The summed E-state index contributed by atoms with van der Waals surface area (Å²) in [5, 5.41) is 15.7. The molecule has 0 heterocycles. The van der Waals surface area contributed by atoms with Crippen molar-refractivity contribution in [2.45, 2.75) is 19.4 Å². The van der Waals surface area contributed by atoms with E-state index in [1.807, 2.05) is 33.0 Å². The van der Waals surface area contributed by atoms with Crippen molar-refractivity contribution in [3.05, 3.63) is 0 Å². The number of nitrogens with one attached hydrogen (secondary N) is 2. The first-order valence-corrected chi connectivity index (χ1v) is 5.58. The normalized spacial score (nSPS) is 16.9. The Kier molecular flexibility index (Phi) is 6.55. The summed E-state index contributed by atoms with van der Waals surface area (Å²) >= 11 is 0. The molecule has 0 rings (SSSR count). The van der Waals surface area contributed by atoms with Gasteiger partial charge in [-0.2, -0.15) is 0 Å². The highest BCUT2D eigenvalue weighted by Crippen LogP contribution is 2.03. The third kappa shape index (κ3) is 6.76. The second-order valence-corrected chi connectivity index (χ2v) is 4.91. The fraction of sp³-hybridized carbons (Fsp3) is 0.909. The van der Waals surface area contributed by atoms with E-state index in [9.17, 15) is 9.90 Å². The zero-order valence-corrected chi connectivity index (χ0v) is 11.0. The van der Waals surface area contributed by atoms with E-state index in [0.717, 1.165) is 0 Å². The van der Waals surface area contributed by atoms with Crippen molar-refractivity contribution in [2.75, 3.05) is 40.8 Å². The van der Waals surface area contributed by atoms with Crippen LogP contribution in [-0.4, -0.2) is 62.3 Å². The number of amides is 1. The van der Waals surface area contributed by atoms with Crippen LogP contribution in [0.1, 0.15) is 13.8 Å². The second-order valence-electron chi connectivity index (χ2n) is 4.91. The Morgan fingerprint density at radius 3 is 2.50 bits per heavy atom. The van der Waals surface area contributed by atoms with E-state index in [0.29, 0.717) is 13.1 Å². The first-order chi connectivity index (χ1) is 7.28. The Balaban J connectivity index is 3.99. The fourth-order valence-electron chi connectivity index (χ4n) is 1.59. The zero-order chi connectivity index (χ0) is 12.8. The molecule has 2 atom stereocenters. The SMILES string of the molecule is CNCC(C)C(=O)NCC(C)(O)CN(C)C. The Hall–Kier alpha value is -0.650. The van der Waals surface area contributed by atoms with Crippen LogP contribution in [0.4, 0.5) is 0 Å². The molecule has 0 aliphatic rings. The average Bonchev–Trinajstić information content (AvgIpc) is 2.12. The maximum atomic E-state index is 11.6. The van der Waals surface area contributed by atoms with Gasteiger partial charge in [0.1, 0.15) is 0 Å². The number of hydrogen-bond acceptors (Lipinski definition) is 4. The smallest absolute Gasteiger partial charge is 0.224 e. The number of nitrogens with zero attached hydrogens (tertiary/aromatic N) is 1. The summed E-state index contributed by atoms with van der Waals surface area (Å²) in [7, 11) is 5.59. The number of likely N-dealkylation sites (N-methyl/N-ethyl adjacent to an activating group) is 1. The molecule has 96 valence electrons. The van der Waals surface area contributed by atoms with E-state index in [1.165, 1.54) is 0 Å². The molecule has 5 nitrogen and oxygen atoms in total. The van der Waals surface area contributed by atoms with E-state index < -0.39 is 5.60 Å². The molecule has 0 aromatic carbocycles. The molecule has 0 aromatic rings. The van der Waals surface area contributed by atoms with E-state index in [4.69, 9.17) is 0 Å². The van der Waals surface area contributed by atoms with Gasteiger partial charge in [-0.3, -0.25) is 4.79 Å². The quantitative estimate of drug-likeness (QED) is 0.540. The predicted molar refractivity (Wildman–Crippen MR) is 65.3 cm³/mol. The Morgan fingerprint density at radius 1 is 1.50 bits per heavy atom. The van der Waals surface area contributed by atoms with Crippen LogP contribution in [-0.2, 0) is 4.79 Å². The van der Waals surface area contributed by atoms with Crippen LogP contribution in [0.3, 0.4) is 0 Å². The van der Waals surface area contributed by atoms with Crippen LogP contribution < -0.4 is 10.6 Å². The molecular weight excluding hydrogens is 206 g/mol. The molecule has 0 spiro atoms. The van der Waals surface area contributed by atoms with Gasteiger partial charge in [-0.1, -0.05) is 6.92 Å². The van der Waals surface area contributed by atoms with Crippen molar-refractivity contribution < 1.29 is 9.90 Å². The molecule has 0 radical (unpaired) electrons. The second kappa shape index (κ2) is 6.83. The Bertz CT molecular complexity index is 217. The van der Waals surface area contributed by atoms with Crippen LogP contribution in [0.2, 0.25) is 0 Å². The highest BCUT2D eigenvalue weighted by atomic mass is 16.3. The summed E-state index contributed by atoms with van der Waals surface area (Å²) in [6.45, 7) is 5.01. The molecule has 0 aliphatic carbocycles. The van der Waals surface area contributed by atoms with Gasteiger partial charge in [-0.25, -0.2) is 0 Å². The van der Waals surface area contributed by atoms with Crippen molar-refractivity contribution in [1.29, 1.82) is 0 Å².